The highest BCUT2D eigenvalue weighted by atomic mass is 15.0. The summed E-state index contributed by atoms with van der Waals surface area (Å²) in [5, 5.41) is 8.66. The van der Waals surface area contributed by atoms with Gasteiger partial charge in [0.2, 0.25) is 0 Å². The maximum absolute atomic E-state index is 8.66. The van der Waals surface area contributed by atoms with Gasteiger partial charge in [0.1, 0.15) is 5.65 Å². The van der Waals surface area contributed by atoms with E-state index in [2.05, 4.69) is 30.2 Å². The first-order valence-corrected chi connectivity index (χ1v) is 6.18. The van der Waals surface area contributed by atoms with Gasteiger partial charge in [0.15, 0.2) is 0 Å². The summed E-state index contributed by atoms with van der Waals surface area (Å²) < 4.78 is 2.04. The van der Waals surface area contributed by atoms with Gasteiger partial charge in [-0.1, -0.05) is 30.3 Å². The highest BCUT2D eigenvalue weighted by Crippen LogP contribution is 2.20. The minimum atomic E-state index is 0.449. The summed E-state index contributed by atoms with van der Waals surface area (Å²) in [7, 11) is 0. The molecule has 0 aliphatic rings. The molecule has 0 aliphatic carbocycles. The Morgan fingerprint density at radius 1 is 1.11 bits per heavy atom. The third-order valence-corrected chi connectivity index (χ3v) is 3.13. The van der Waals surface area contributed by atoms with Crippen LogP contribution in [0.4, 0.5) is 0 Å². The van der Waals surface area contributed by atoms with Crippen molar-refractivity contribution in [1.82, 2.24) is 9.38 Å². The third kappa shape index (κ3) is 2.21. The van der Waals surface area contributed by atoms with Crippen LogP contribution in [0.3, 0.4) is 0 Å². The van der Waals surface area contributed by atoms with Crippen LogP contribution in [0.1, 0.15) is 11.1 Å². The van der Waals surface area contributed by atoms with E-state index in [9.17, 15) is 0 Å². The average Bonchev–Trinajstić information content (AvgIpc) is 2.83. The molecule has 2 aromatic heterocycles. The summed E-state index contributed by atoms with van der Waals surface area (Å²) in [6, 6.07) is 14.2. The van der Waals surface area contributed by atoms with Gasteiger partial charge in [-0.05, 0) is 24.1 Å². The van der Waals surface area contributed by atoms with Gasteiger partial charge < -0.3 is 4.40 Å². The molecule has 2 heterocycles. The Kier molecular flexibility index (Phi) is 2.77. The van der Waals surface area contributed by atoms with Crippen LogP contribution >= 0.6 is 0 Å². The van der Waals surface area contributed by atoms with Gasteiger partial charge in [-0.3, -0.25) is 0 Å². The molecule has 19 heavy (non-hydrogen) atoms. The van der Waals surface area contributed by atoms with Gasteiger partial charge in [0.25, 0.3) is 0 Å². The second-order valence-corrected chi connectivity index (χ2v) is 4.63. The minimum Gasteiger partial charge on any atom is -0.306 e. The molecule has 3 nitrogen and oxygen atoms in total. The van der Waals surface area contributed by atoms with Crippen molar-refractivity contribution in [2.24, 2.45) is 0 Å². The number of rotatable bonds is 2. The van der Waals surface area contributed by atoms with Crippen LogP contribution in [0.25, 0.3) is 16.9 Å². The summed E-state index contributed by atoms with van der Waals surface area (Å²) in [5.74, 6) is 0. The van der Waals surface area contributed by atoms with Gasteiger partial charge in [0, 0.05) is 18.0 Å². The van der Waals surface area contributed by atoms with Crippen LogP contribution in [0, 0.1) is 18.3 Å². The second kappa shape index (κ2) is 4.58. The van der Waals surface area contributed by atoms with E-state index in [1.165, 1.54) is 5.56 Å². The van der Waals surface area contributed by atoms with Crippen LogP contribution in [0.5, 0.6) is 0 Å². The molecule has 3 rings (SSSR count). The third-order valence-electron chi connectivity index (χ3n) is 3.13. The van der Waals surface area contributed by atoms with E-state index in [0.29, 0.717) is 6.42 Å². The summed E-state index contributed by atoms with van der Waals surface area (Å²) in [5.41, 5.74) is 5.21. The number of aryl methyl sites for hydroxylation is 1. The molecule has 0 bridgehead atoms. The molecule has 0 radical (unpaired) electrons. The zero-order valence-corrected chi connectivity index (χ0v) is 10.7. The van der Waals surface area contributed by atoms with Crippen molar-refractivity contribution in [3.05, 3.63) is 59.9 Å². The van der Waals surface area contributed by atoms with E-state index < -0.39 is 0 Å². The van der Waals surface area contributed by atoms with Crippen molar-refractivity contribution in [3.63, 3.8) is 0 Å². The molecule has 0 saturated heterocycles. The molecule has 0 unspecified atom stereocenters. The largest absolute Gasteiger partial charge is 0.306 e. The van der Waals surface area contributed by atoms with Gasteiger partial charge in [0.05, 0.1) is 18.2 Å². The van der Waals surface area contributed by atoms with Crippen LogP contribution in [0.2, 0.25) is 0 Å². The molecule has 0 atom stereocenters. The molecule has 0 saturated carbocycles. The number of aromatic nitrogens is 2. The van der Waals surface area contributed by atoms with Gasteiger partial charge >= 0.3 is 0 Å². The Hall–Kier alpha value is -2.60. The first kappa shape index (κ1) is 11.5. The molecule has 0 spiro atoms. The number of nitriles is 1. The first-order chi connectivity index (χ1) is 9.26. The number of hydrogen-bond donors (Lipinski definition) is 0. The Morgan fingerprint density at radius 2 is 1.89 bits per heavy atom. The van der Waals surface area contributed by atoms with Gasteiger partial charge in [-0.2, -0.15) is 5.26 Å². The Bertz CT molecular complexity index is 761. The number of nitrogens with zero attached hydrogens (tertiary/aromatic N) is 3. The monoisotopic (exact) mass is 247 g/mol. The van der Waals surface area contributed by atoms with E-state index in [4.69, 9.17) is 5.26 Å². The van der Waals surface area contributed by atoms with Gasteiger partial charge in [-0.25, -0.2) is 4.98 Å². The normalized spacial score (nSPS) is 10.5. The number of imidazole rings is 1. The maximum Gasteiger partial charge on any atom is 0.137 e. The fraction of sp³-hybridized carbons (Fsp3) is 0.125. The van der Waals surface area contributed by atoms with Crippen molar-refractivity contribution in [2.75, 3.05) is 0 Å². The lowest BCUT2D eigenvalue weighted by molar-refractivity contribution is 1.16. The summed E-state index contributed by atoms with van der Waals surface area (Å²) in [4.78, 5) is 4.60. The van der Waals surface area contributed by atoms with E-state index in [1.54, 1.807) is 0 Å². The zero-order valence-electron chi connectivity index (χ0n) is 10.7. The van der Waals surface area contributed by atoms with Crippen molar-refractivity contribution in [1.29, 1.82) is 5.26 Å². The topological polar surface area (TPSA) is 41.1 Å². The number of pyridine rings is 1. The number of fused-ring (bicyclic) bond motifs is 1. The quantitative estimate of drug-likeness (QED) is 0.696. The Morgan fingerprint density at radius 3 is 2.63 bits per heavy atom. The fourth-order valence-corrected chi connectivity index (χ4v) is 2.13. The van der Waals surface area contributed by atoms with Crippen LogP contribution in [0.15, 0.2) is 48.8 Å². The van der Waals surface area contributed by atoms with E-state index in [-0.39, 0.29) is 0 Å². The molecule has 0 aliphatic heterocycles. The molecule has 92 valence electrons. The minimum absolute atomic E-state index is 0.449. The van der Waals surface area contributed by atoms with Gasteiger partial charge in [-0.15, -0.1) is 0 Å². The molecule has 3 heteroatoms. The highest BCUT2D eigenvalue weighted by molar-refractivity contribution is 5.63. The smallest absolute Gasteiger partial charge is 0.137 e. The summed E-state index contributed by atoms with van der Waals surface area (Å²) >= 11 is 0. The molecule has 0 fully saturated rings. The lowest BCUT2D eigenvalue weighted by atomic mass is 10.1. The van der Waals surface area contributed by atoms with Crippen molar-refractivity contribution >= 4 is 5.65 Å². The lowest BCUT2D eigenvalue weighted by Gasteiger charge is -1.97. The molecule has 1 aromatic carbocycles. The van der Waals surface area contributed by atoms with Crippen LogP contribution in [-0.4, -0.2) is 9.38 Å². The van der Waals surface area contributed by atoms with E-state index >= 15 is 0 Å². The zero-order chi connectivity index (χ0) is 13.2. The predicted molar refractivity (Wildman–Crippen MR) is 74.7 cm³/mol. The van der Waals surface area contributed by atoms with Crippen LogP contribution < -0.4 is 0 Å². The number of hydrogen-bond acceptors (Lipinski definition) is 2. The van der Waals surface area contributed by atoms with E-state index in [0.717, 1.165) is 22.5 Å². The maximum atomic E-state index is 8.66. The first-order valence-electron chi connectivity index (χ1n) is 6.18. The highest BCUT2D eigenvalue weighted by Gasteiger charge is 2.04. The summed E-state index contributed by atoms with van der Waals surface area (Å²) in [6.07, 6.45) is 4.54. The second-order valence-electron chi connectivity index (χ2n) is 4.63. The summed E-state index contributed by atoms with van der Waals surface area (Å²) in [6.45, 7) is 2.07. The molecular weight excluding hydrogens is 234 g/mol. The van der Waals surface area contributed by atoms with Crippen molar-refractivity contribution in [3.8, 4) is 17.3 Å². The van der Waals surface area contributed by atoms with Crippen molar-refractivity contribution < 1.29 is 0 Å². The molecule has 0 N–H and O–H groups in total. The number of benzene rings is 1. The molecule has 0 amide bonds. The molecular formula is C16H13N3. The Labute approximate surface area is 111 Å². The standard InChI is InChI=1S/C16H13N3/c1-12-2-7-16-18-15(11-19(16)10-12)14-5-3-13(4-6-14)8-9-17/h2-7,10-11H,8H2,1H3. The fourth-order valence-electron chi connectivity index (χ4n) is 2.13. The average molecular weight is 247 g/mol. The predicted octanol–water partition coefficient (Wildman–Crippen LogP) is 3.38. The lowest BCUT2D eigenvalue weighted by Crippen LogP contribution is -1.82. The SMILES string of the molecule is Cc1ccc2nc(-c3ccc(CC#N)cc3)cn2c1. The van der Waals surface area contributed by atoms with E-state index in [1.807, 2.05) is 40.9 Å². The van der Waals surface area contributed by atoms with Crippen molar-refractivity contribution in [2.45, 2.75) is 13.3 Å². The Balaban J connectivity index is 2.01. The van der Waals surface area contributed by atoms with Crippen LogP contribution in [-0.2, 0) is 6.42 Å². The molecule has 3 aromatic rings.